The van der Waals surface area contributed by atoms with Gasteiger partial charge in [0.2, 0.25) is 0 Å². The van der Waals surface area contributed by atoms with Crippen LogP contribution in [0.25, 0.3) is 0 Å². The first-order valence-corrected chi connectivity index (χ1v) is 6.29. The van der Waals surface area contributed by atoms with Crippen molar-refractivity contribution >= 4 is 44.6 Å². The van der Waals surface area contributed by atoms with Crippen LogP contribution in [0.15, 0.2) is 40.9 Å². The fourth-order valence-corrected chi connectivity index (χ4v) is 2.00. The smallest absolute Gasteiger partial charge is 0.101 e. The Balaban J connectivity index is 2.35. The van der Waals surface area contributed by atoms with Crippen molar-refractivity contribution in [1.82, 2.24) is 0 Å². The summed E-state index contributed by atoms with van der Waals surface area (Å²) in [5.74, 6) is 0. The van der Waals surface area contributed by atoms with E-state index < -0.39 is 0 Å². The molecule has 3 N–H and O–H groups in total. The lowest BCUT2D eigenvalue weighted by atomic mass is 10.1. The minimum atomic E-state index is 0.436. The van der Waals surface area contributed by atoms with E-state index in [1.807, 2.05) is 24.3 Å². The number of benzene rings is 2. The molecule has 0 heterocycles. The summed E-state index contributed by atoms with van der Waals surface area (Å²) in [4.78, 5) is 0. The Morgan fingerprint density at radius 3 is 2.72 bits per heavy atom. The zero-order chi connectivity index (χ0) is 13.1. The van der Waals surface area contributed by atoms with Crippen molar-refractivity contribution in [2.75, 3.05) is 11.1 Å². The van der Waals surface area contributed by atoms with Gasteiger partial charge in [0.1, 0.15) is 6.07 Å². The first kappa shape index (κ1) is 12.7. The number of hydrogen-bond donors (Lipinski definition) is 2. The number of para-hydroxylation sites is 1. The average molecular weight is 323 g/mol. The van der Waals surface area contributed by atoms with Crippen LogP contribution in [0.2, 0.25) is 5.02 Å². The molecule has 0 atom stereocenters. The highest BCUT2D eigenvalue weighted by Gasteiger charge is 2.05. The number of nitrogens with one attached hydrogen (secondary N) is 1. The molecule has 0 aliphatic carbocycles. The van der Waals surface area contributed by atoms with Crippen LogP contribution in [0.4, 0.5) is 17.1 Å². The second-order valence-electron chi connectivity index (χ2n) is 3.63. The Morgan fingerprint density at radius 2 is 2.06 bits per heavy atom. The molecule has 0 aliphatic rings. The van der Waals surface area contributed by atoms with E-state index in [0.29, 0.717) is 22.0 Å². The monoisotopic (exact) mass is 321 g/mol. The van der Waals surface area contributed by atoms with Gasteiger partial charge in [0.15, 0.2) is 0 Å². The van der Waals surface area contributed by atoms with Crippen LogP contribution in [0, 0.1) is 11.3 Å². The number of halogens is 2. The summed E-state index contributed by atoms with van der Waals surface area (Å²) in [6, 6.07) is 12.8. The molecule has 5 heteroatoms. The summed E-state index contributed by atoms with van der Waals surface area (Å²) in [6.07, 6.45) is 0. The summed E-state index contributed by atoms with van der Waals surface area (Å²) in [5.41, 5.74) is 8.31. The third kappa shape index (κ3) is 2.58. The molecule has 2 aromatic carbocycles. The zero-order valence-electron chi connectivity index (χ0n) is 9.24. The summed E-state index contributed by atoms with van der Waals surface area (Å²) in [6.45, 7) is 0. The summed E-state index contributed by atoms with van der Waals surface area (Å²) >= 11 is 9.27. The third-order valence-corrected chi connectivity index (χ3v) is 3.64. The topological polar surface area (TPSA) is 61.8 Å². The molecule has 0 saturated heterocycles. The highest BCUT2D eigenvalue weighted by molar-refractivity contribution is 9.10. The highest BCUT2D eigenvalue weighted by Crippen LogP contribution is 2.30. The van der Waals surface area contributed by atoms with Crippen molar-refractivity contribution in [3.8, 4) is 6.07 Å². The van der Waals surface area contributed by atoms with E-state index in [0.717, 1.165) is 10.2 Å². The maximum Gasteiger partial charge on any atom is 0.101 e. The van der Waals surface area contributed by atoms with E-state index in [1.54, 1.807) is 18.2 Å². The molecular formula is C13H9BrClN3. The quantitative estimate of drug-likeness (QED) is 0.810. The van der Waals surface area contributed by atoms with Crippen LogP contribution in [-0.4, -0.2) is 0 Å². The molecule has 3 nitrogen and oxygen atoms in total. The van der Waals surface area contributed by atoms with Crippen LogP contribution >= 0.6 is 27.5 Å². The minimum Gasteiger partial charge on any atom is -0.396 e. The van der Waals surface area contributed by atoms with Gasteiger partial charge in [0, 0.05) is 10.2 Å². The van der Waals surface area contributed by atoms with E-state index in [4.69, 9.17) is 22.6 Å². The van der Waals surface area contributed by atoms with Gasteiger partial charge in [0.25, 0.3) is 0 Å². The molecule has 0 spiro atoms. The number of nitriles is 1. The maximum atomic E-state index is 8.91. The van der Waals surface area contributed by atoms with E-state index in [1.165, 1.54) is 0 Å². The number of rotatable bonds is 2. The van der Waals surface area contributed by atoms with Gasteiger partial charge >= 0.3 is 0 Å². The first-order chi connectivity index (χ1) is 8.61. The zero-order valence-corrected chi connectivity index (χ0v) is 11.6. The molecule has 0 fully saturated rings. The van der Waals surface area contributed by atoms with Gasteiger partial charge in [-0.2, -0.15) is 5.26 Å². The Bertz CT molecular complexity index is 635. The standard InChI is InChI=1S/C13H9BrClN3/c14-10-6-9(4-5-11(10)15)18-12-3-1-2-8(7-16)13(12)17/h1-6,18H,17H2. The van der Waals surface area contributed by atoms with Crippen LogP contribution in [0.1, 0.15) is 5.56 Å². The number of anilines is 3. The van der Waals surface area contributed by atoms with Crippen molar-refractivity contribution in [3.05, 3.63) is 51.5 Å². The van der Waals surface area contributed by atoms with Crippen LogP contribution in [0.3, 0.4) is 0 Å². The molecule has 0 radical (unpaired) electrons. The van der Waals surface area contributed by atoms with E-state index in [-0.39, 0.29) is 0 Å². The van der Waals surface area contributed by atoms with Gasteiger partial charge in [-0.1, -0.05) is 17.7 Å². The lowest BCUT2D eigenvalue weighted by Gasteiger charge is -2.10. The van der Waals surface area contributed by atoms with Crippen molar-refractivity contribution in [1.29, 1.82) is 5.26 Å². The molecule has 0 bridgehead atoms. The van der Waals surface area contributed by atoms with Crippen molar-refractivity contribution in [2.45, 2.75) is 0 Å². The normalized spacial score (nSPS) is 9.83. The number of nitrogens with zero attached hydrogens (tertiary/aromatic N) is 1. The van der Waals surface area contributed by atoms with Crippen LogP contribution in [0.5, 0.6) is 0 Å². The summed E-state index contributed by atoms with van der Waals surface area (Å²) < 4.78 is 0.796. The van der Waals surface area contributed by atoms with Gasteiger partial charge < -0.3 is 11.1 Å². The lowest BCUT2D eigenvalue weighted by molar-refractivity contribution is 1.47. The predicted molar refractivity (Wildman–Crippen MR) is 78.0 cm³/mol. The minimum absolute atomic E-state index is 0.436. The Hall–Kier alpha value is -1.70. The third-order valence-electron chi connectivity index (χ3n) is 2.43. The maximum absolute atomic E-state index is 8.91. The number of nitrogens with two attached hydrogens (primary N) is 1. The first-order valence-electron chi connectivity index (χ1n) is 5.12. The van der Waals surface area contributed by atoms with Crippen molar-refractivity contribution < 1.29 is 0 Å². The van der Waals surface area contributed by atoms with E-state index in [9.17, 15) is 0 Å². The van der Waals surface area contributed by atoms with E-state index >= 15 is 0 Å². The summed E-state index contributed by atoms with van der Waals surface area (Å²) in [7, 11) is 0. The molecule has 90 valence electrons. The number of hydrogen-bond acceptors (Lipinski definition) is 3. The molecule has 0 saturated carbocycles. The Kier molecular flexibility index (Phi) is 3.75. The van der Waals surface area contributed by atoms with Crippen molar-refractivity contribution in [3.63, 3.8) is 0 Å². The van der Waals surface area contributed by atoms with Crippen LogP contribution < -0.4 is 11.1 Å². The Labute approximate surface area is 118 Å². The second-order valence-corrected chi connectivity index (χ2v) is 4.89. The fourth-order valence-electron chi connectivity index (χ4n) is 1.50. The Morgan fingerprint density at radius 1 is 1.28 bits per heavy atom. The van der Waals surface area contributed by atoms with Gasteiger partial charge in [-0.25, -0.2) is 0 Å². The predicted octanol–water partition coefficient (Wildman–Crippen LogP) is 4.30. The molecule has 2 rings (SSSR count). The number of nitrogen functional groups attached to an aromatic ring is 1. The largest absolute Gasteiger partial charge is 0.396 e. The SMILES string of the molecule is N#Cc1cccc(Nc2ccc(Cl)c(Br)c2)c1N. The average Bonchev–Trinajstić information content (AvgIpc) is 2.36. The molecule has 0 unspecified atom stereocenters. The second kappa shape index (κ2) is 5.30. The molecular weight excluding hydrogens is 314 g/mol. The molecule has 0 aromatic heterocycles. The van der Waals surface area contributed by atoms with Gasteiger partial charge in [0.05, 0.1) is 22.0 Å². The lowest BCUT2D eigenvalue weighted by Crippen LogP contribution is -1.98. The van der Waals surface area contributed by atoms with Gasteiger partial charge in [-0.3, -0.25) is 0 Å². The highest BCUT2D eigenvalue weighted by atomic mass is 79.9. The van der Waals surface area contributed by atoms with Crippen LogP contribution in [-0.2, 0) is 0 Å². The molecule has 0 aliphatic heterocycles. The van der Waals surface area contributed by atoms with Crippen molar-refractivity contribution in [2.24, 2.45) is 0 Å². The summed E-state index contributed by atoms with van der Waals surface area (Å²) in [5, 5.41) is 12.7. The molecule has 18 heavy (non-hydrogen) atoms. The molecule has 0 amide bonds. The van der Waals surface area contributed by atoms with Gasteiger partial charge in [-0.05, 0) is 46.3 Å². The molecule has 2 aromatic rings. The van der Waals surface area contributed by atoms with E-state index in [2.05, 4.69) is 21.2 Å². The fraction of sp³-hybridized carbons (Fsp3) is 0. The van der Waals surface area contributed by atoms with Gasteiger partial charge in [-0.15, -0.1) is 0 Å².